The second kappa shape index (κ2) is 6.30. The van der Waals surface area contributed by atoms with Gasteiger partial charge in [0, 0.05) is 17.6 Å². The number of aryl methyl sites for hydroxylation is 1. The van der Waals surface area contributed by atoms with Gasteiger partial charge in [-0.05, 0) is 59.8 Å². The van der Waals surface area contributed by atoms with Crippen LogP contribution in [0.4, 0.5) is 11.4 Å². The summed E-state index contributed by atoms with van der Waals surface area (Å²) in [5, 5.41) is 2.00. The van der Waals surface area contributed by atoms with Crippen molar-refractivity contribution in [2.45, 2.75) is 11.8 Å². The molecule has 3 aromatic rings. The minimum Gasteiger partial charge on any atom is -0.399 e. The van der Waals surface area contributed by atoms with Crippen LogP contribution in [0.5, 0.6) is 0 Å². The number of thiophene rings is 1. The van der Waals surface area contributed by atoms with Gasteiger partial charge < -0.3 is 5.73 Å². The average Bonchev–Trinajstić information content (AvgIpc) is 3.09. The average molecular weight is 358 g/mol. The van der Waals surface area contributed by atoms with Gasteiger partial charge >= 0.3 is 0 Å². The zero-order valence-electron chi connectivity index (χ0n) is 13.4. The van der Waals surface area contributed by atoms with Gasteiger partial charge in [0.2, 0.25) is 0 Å². The van der Waals surface area contributed by atoms with E-state index in [0.29, 0.717) is 11.4 Å². The first kappa shape index (κ1) is 16.5. The van der Waals surface area contributed by atoms with Crippen molar-refractivity contribution in [2.24, 2.45) is 0 Å². The number of hydrogen-bond donors (Lipinski definition) is 1. The largest absolute Gasteiger partial charge is 0.399 e. The fourth-order valence-electron chi connectivity index (χ4n) is 2.47. The molecule has 4 nitrogen and oxygen atoms in total. The number of hydrogen-bond acceptors (Lipinski definition) is 4. The maximum Gasteiger partial charge on any atom is 0.264 e. The van der Waals surface area contributed by atoms with Crippen LogP contribution < -0.4 is 10.0 Å². The Kier molecular flexibility index (Phi) is 4.34. The van der Waals surface area contributed by atoms with E-state index in [9.17, 15) is 8.42 Å². The summed E-state index contributed by atoms with van der Waals surface area (Å²) >= 11 is 1.63. The van der Waals surface area contributed by atoms with Gasteiger partial charge in [0.25, 0.3) is 10.0 Å². The first-order valence-corrected chi connectivity index (χ1v) is 9.70. The summed E-state index contributed by atoms with van der Waals surface area (Å²) in [4.78, 5) is 1.33. The Labute approximate surface area is 146 Å². The highest BCUT2D eigenvalue weighted by Crippen LogP contribution is 2.32. The lowest BCUT2D eigenvalue weighted by molar-refractivity contribution is 0.594. The molecule has 1 aromatic heterocycles. The van der Waals surface area contributed by atoms with Gasteiger partial charge in [0.05, 0.1) is 10.6 Å². The van der Waals surface area contributed by atoms with Gasteiger partial charge in [-0.1, -0.05) is 18.2 Å². The van der Waals surface area contributed by atoms with Crippen molar-refractivity contribution >= 4 is 32.7 Å². The van der Waals surface area contributed by atoms with Crippen LogP contribution in [0.2, 0.25) is 0 Å². The molecule has 0 spiro atoms. The van der Waals surface area contributed by atoms with Gasteiger partial charge in [-0.2, -0.15) is 0 Å². The lowest BCUT2D eigenvalue weighted by Crippen LogP contribution is -2.27. The summed E-state index contributed by atoms with van der Waals surface area (Å²) < 4.78 is 27.1. The van der Waals surface area contributed by atoms with E-state index in [2.05, 4.69) is 0 Å². The third-order valence-corrected chi connectivity index (χ3v) is 6.60. The molecule has 3 rings (SSSR count). The summed E-state index contributed by atoms with van der Waals surface area (Å²) in [5.74, 6) is 0. The summed E-state index contributed by atoms with van der Waals surface area (Å²) in [7, 11) is -2.06. The lowest BCUT2D eigenvalue weighted by Gasteiger charge is -2.22. The van der Waals surface area contributed by atoms with Crippen LogP contribution in [-0.2, 0) is 10.0 Å². The highest BCUT2D eigenvalue weighted by molar-refractivity contribution is 7.92. The number of sulfonamides is 1. The Morgan fingerprint density at radius 1 is 1.04 bits per heavy atom. The van der Waals surface area contributed by atoms with E-state index in [1.807, 2.05) is 42.6 Å². The predicted molar refractivity (Wildman–Crippen MR) is 101 cm³/mol. The zero-order valence-corrected chi connectivity index (χ0v) is 15.1. The lowest BCUT2D eigenvalue weighted by atomic mass is 10.1. The van der Waals surface area contributed by atoms with Gasteiger partial charge in [-0.25, -0.2) is 8.42 Å². The SMILES string of the molecule is Cc1ccc(-c2cccs2)cc1N(C)S(=O)(=O)c1ccc(N)cc1. The molecule has 24 heavy (non-hydrogen) atoms. The molecule has 0 radical (unpaired) electrons. The highest BCUT2D eigenvalue weighted by atomic mass is 32.2. The molecule has 124 valence electrons. The zero-order chi connectivity index (χ0) is 17.3. The molecule has 6 heteroatoms. The molecule has 2 aromatic carbocycles. The molecule has 2 N–H and O–H groups in total. The molecule has 0 saturated heterocycles. The van der Waals surface area contributed by atoms with Crippen LogP contribution in [0.1, 0.15) is 5.56 Å². The smallest absolute Gasteiger partial charge is 0.264 e. The number of nitrogen functional groups attached to an aromatic ring is 1. The van der Waals surface area contributed by atoms with Gasteiger partial charge in [-0.15, -0.1) is 11.3 Å². The second-order valence-electron chi connectivity index (χ2n) is 5.52. The van der Waals surface area contributed by atoms with Crippen molar-refractivity contribution in [2.75, 3.05) is 17.1 Å². The van der Waals surface area contributed by atoms with Gasteiger partial charge in [0.1, 0.15) is 0 Å². The first-order chi connectivity index (χ1) is 11.4. The van der Waals surface area contributed by atoms with Crippen LogP contribution in [0.25, 0.3) is 10.4 Å². The molecule has 0 unspecified atom stereocenters. The molecular formula is C18H18N2O2S2. The summed E-state index contributed by atoms with van der Waals surface area (Å²) in [6.45, 7) is 1.91. The summed E-state index contributed by atoms with van der Waals surface area (Å²) in [5.41, 5.74) is 8.75. The number of rotatable bonds is 4. The number of benzene rings is 2. The van der Waals surface area contributed by atoms with Crippen molar-refractivity contribution < 1.29 is 8.42 Å². The predicted octanol–water partition coefficient (Wildman–Crippen LogP) is 4.13. The molecule has 0 bridgehead atoms. The Morgan fingerprint density at radius 3 is 2.38 bits per heavy atom. The van der Waals surface area contributed by atoms with E-state index < -0.39 is 10.0 Å². The number of nitrogens with two attached hydrogens (primary N) is 1. The van der Waals surface area contributed by atoms with Crippen LogP contribution in [0.3, 0.4) is 0 Å². The van der Waals surface area contributed by atoms with Crippen LogP contribution >= 0.6 is 11.3 Å². The van der Waals surface area contributed by atoms with E-state index in [-0.39, 0.29) is 4.90 Å². The molecule has 0 amide bonds. The molecule has 0 atom stereocenters. The van der Waals surface area contributed by atoms with Crippen molar-refractivity contribution in [3.63, 3.8) is 0 Å². The molecule has 0 saturated carbocycles. The molecule has 0 fully saturated rings. The standard InChI is InChI=1S/C18H18N2O2S2/c1-13-5-6-14(18-4-3-11-23-18)12-17(13)20(2)24(21,22)16-9-7-15(19)8-10-16/h3-12H,19H2,1-2H3. The molecular weight excluding hydrogens is 340 g/mol. The Hall–Kier alpha value is -2.31. The number of nitrogens with zero attached hydrogens (tertiary/aromatic N) is 1. The van der Waals surface area contributed by atoms with E-state index in [4.69, 9.17) is 5.73 Å². The fourth-order valence-corrected chi connectivity index (χ4v) is 4.45. The van der Waals surface area contributed by atoms with E-state index in [0.717, 1.165) is 16.0 Å². The topological polar surface area (TPSA) is 63.4 Å². The molecule has 0 aliphatic heterocycles. The van der Waals surface area contributed by atoms with E-state index >= 15 is 0 Å². The third kappa shape index (κ3) is 3.02. The van der Waals surface area contributed by atoms with E-state index in [1.54, 1.807) is 30.5 Å². The third-order valence-electron chi connectivity index (χ3n) is 3.89. The Balaban J connectivity index is 2.04. The maximum absolute atomic E-state index is 12.9. The monoisotopic (exact) mass is 358 g/mol. The van der Waals surface area contributed by atoms with E-state index in [1.165, 1.54) is 16.4 Å². The van der Waals surface area contributed by atoms with Crippen molar-refractivity contribution in [1.82, 2.24) is 0 Å². The quantitative estimate of drug-likeness (QED) is 0.713. The molecule has 0 aliphatic rings. The highest BCUT2D eigenvalue weighted by Gasteiger charge is 2.22. The van der Waals surface area contributed by atoms with Crippen molar-refractivity contribution in [1.29, 1.82) is 0 Å². The Bertz CT molecular complexity index is 947. The molecule has 0 aliphatic carbocycles. The minimum absolute atomic E-state index is 0.222. The first-order valence-electron chi connectivity index (χ1n) is 7.38. The van der Waals surface area contributed by atoms with Crippen molar-refractivity contribution in [3.8, 4) is 10.4 Å². The maximum atomic E-state index is 12.9. The Morgan fingerprint density at radius 2 is 1.75 bits per heavy atom. The fraction of sp³-hybridized carbons (Fsp3) is 0.111. The second-order valence-corrected chi connectivity index (χ2v) is 8.44. The summed E-state index contributed by atoms with van der Waals surface area (Å²) in [6, 6.07) is 16.1. The number of anilines is 2. The summed E-state index contributed by atoms with van der Waals surface area (Å²) in [6.07, 6.45) is 0. The van der Waals surface area contributed by atoms with Gasteiger partial charge in [0.15, 0.2) is 0 Å². The normalized spacial score (nSPS) is 11.4. The van der Waals surface area contributed by atoms with Crippen LogP contribution in [0, 0.1) is 6.92 Å². The van der Waals surface area contributed by atoms with Crippen LogP contribution in [-0.4, -0.2) is 15.5 Å². The van der Waals surface area contributed by atoms with Gasteiger partial charge in [-0.3, -0.25) is 4.31 Å². The molecule has 1 heterocycles. The minimum atomic E-state index is -3.64. The van der Waals surface area contributed by atoms with Crippen molar-refractivity contribution in [3.05, 3.63) is 65.5 Å². The van der Waals surface area contributed by atoms with Crippen LogP contribution in [0.15, 0.2) is 64.9 Å².